The predicted molar refractivity (Wildman–Crippen MR) is 120 cm³/mol. The first-order valence-electron chi connectivity index (χ1n) is 9.48. The van der Waals surface area contributed by atoms with Gasteiger partial charge in [0.2, 0.25) is 5.84 Å². The molecule has 30 heavy (non-hydrogen) atoms. The molecule has 0 spiro atoms. The Balaban J connectivity index is 1.88. The number of hydrogen-bond acceptors (Lipinski definition) is 4. The van der Waals surface area contributed by atoms with Gasteiger partial charge in [0.15, 0.2) is 0 Å². The van der Waals surface area contributed by atoms with E-state index >= 15 is 0 Å². The van der Waals surface area contributed by atoms with E-state index in [1.165, 1.54) is 4.68 Å². The summed E-state index contributed by atoms with van der Waals surface area (Å²) >= 11 is 5.94. The fraction of sp³-hybridized carbons (Fsp3) is 0.0870. The van der Waals surface area contributed by atoms with Crippen LogP contribution in [-0.2, 0) is 6.42 Å². The first-order valence-corrected chi connectivity index (χ1v) is 9.86. The Morgan fingerprint density at radius 3 is 2.40 bits per heavy atom. The highest BCUT2D eigenvalue weighted by atomic mass is 35.5. The second-order valence-corrected chi connectivity index (χ2v) is 6.92. The van der Waals surface area contributed by atoms with Gasteiger partial charge in [0.25, 0.3) is 5.56 Å². The van der Waals surface area contributed by atoms with Gasteiger partial charge in [-0.25, -0.2) is 4.98 Å². The quantitative estimate of drug-likeness (QED) is 0.247. The van der Waals surface area contributed by atoms with E-state index in [0.29, 0.717) is 39.7 Å². The molecule has 0 unspecified atom stereocenters. The molecular formula is C23H18ClN5O. The molecule has 0 atom stereocenters. The van der Waals surface area contributed by atoms with Crippen molar-refractivity contribution in [2.45, 2.75) is 13.3 Å². The minimum atomic E-state index is -0.243. The van der Waals surface area contributed by atoms with Gasteiger partial charge in [-0.05, 0) is 36.4 Å². The van der Waals surface area contributed by atoms with Crippen LogP contribution >= 0.6 is 11.6 Å². The Labute approximate surface area is 178 Å². The molecule has 0 radical (unpaired) electrons. The third kappa shape index (κ3) is 4.18. The van der Waals surface area contributed by atoms with Crippen molar-refractivity contribution >= 4 is 34.0 Å². The highest BCUT2D eigenvalue weighted by molar-refractivity contribution is 6.30. The Kier molecular flexibility index (Phi) is 5.77. The number of amidine groups is 1. The zero-order valence-electron chi connectivity index (χ0n) is 16.2. The number of fused-ring (bicyclic) bond motifs is 1. The number of hydrogen-bond donors (Lipinski definition) is 0. The molecule has 4 aromatic rings. The van der Waals surface area contributed by atoms with Gasteiger partial charge in [0, 0.05) is 17.0 Å². The maximum Gasteiger partial charge on any atom is 0.282 e. The fourth-order valence-corrected chi connectivity index (χ4v) is 3.06. The van der Waals surface area contributed by atoms with Crippen LogP contribution in [0.3, 0.4) is 0 Å². The van der Waals surface area contributed by atoms with Crippen LogP contribution in [0.1, 0.15) is 18.3 Å². The average molecular weight is 416 g/mol. The molecule has 0 saturated heterocycles. The van der Waals surface area contributed by atoms with Crippen molar-refractivity contribution in [3.63, 3.8) is 0 Å². The summed E-state index contributed by atoms with van der Waals surface area (Å²) in [6, 6.07) is 23.6. The van der Waals surface area contributed by atoms with Crippen molar-refractivity contribution in [3.05, 3.63) is 106 Å². The first-order chi connectivity index (χ1) is 14.7. The van der Waals surface area contributed by atoms with Crippen molar-refractivity contribution < 1.29 is 0 Å². The van der Waals surface area contributed by atoms with E-state index in [9.17, 15) is 4.79 Å². The molecule has 0 aliphatic heterocycles. The summed E-state index contributed by atoms with van der Waals surface area (Å²) in [5, 5.41) is 14.3. The van der Waals surface area contributed by atoms with Gasteiger partial charge in [0.1, 0.15) is 5.82 Å². The normalized spacial score (nSPS) is 12.0. The standard InChI is InChI=1S/C23H18ClN5O/c1-2-21-25-20-11-7-6-10-19(20)23(30)29(21)28-22(16-8-4-3-5-9-16)27-26-18-14-12-17(24)13-15-18/h3-15H,2H2,1H3/b27-26?,28-22-. The van der Waals surface area contributed by atoms with Crippen molar-refractivity contribution in [1.29, 1.82) is 0 Å². The number of halogens is 1. The van der Waals surface area contributed by atoms with Crippen LogP contribution in [0.4, 0.5) is 5.69 Å². The molecule has 0 bridgehead atoms. The lowest BCUT2D eigenvalue weighted by molar-refractivity contribution is 0.729. The average Bonchev–Trinajstić information content (AvgIpc) is 2.79. The highest BCUT2D eigenvalue weighted by Crippen LogP contribution is 2.17. The molecule has 0 N–H and O–H groups in total. The van der Waals surface area contributed by atoms with Gasteiger partial charge in [-0.15, -0.1) is 15.3 Å². The third-order valence-corrected chi connectivity index (χ3v) is 4.70. The van der Waals surface area contributed by atoms with Crippen molar-refractivity contribution in [2.24, 2.45) is 15.3 Å². The second kappa shape index (κ2) is 8.80. The Hall–Kier alpha value is -3.64. The minimum Gasteiger partial charge on any atom is -0.267 e. The molecule has 0 saturated carbocycles. The molecule has 1 aromatic heterocycles. The number of aryl methyl sites for hydroxylation is 1. The van der Waals surface area contributed by atoms with Gasteiger partial charge in [-0.2, -0.15) is 4.68 Å². The summed E-state index contributed by atoms with van der Waals surface area (Å²) in [4.78, 5) is 17.7. The van der Waals surface area contributed by atoms with Gasteiger partial charge in [-0.3, -0.25) is 4.79 Å². The maximum atomic E-state index is 13.1. The minimum absolute atomic E-state index is 0.243. The van der Waals surface area contributed by atoms with Crippen LogP contribution in [0.25, 0.3) is 10.9 Å². The van der Waals surface area contributed by atoms with E-state index < -0.39 is 0 Å². The molecule has 3 aromatic carbocycles. The molecule has 0 fully saturated rings. The SMILES string of the molecule is CCc1nc2ccccc2c(=O)n1/N=C(\N=Nc1ccc(Cl)cc1)c1ccccc1. The number of aromatic nitrogens is 2. The van der Waals surface area contributed by atoms with Gasteiger partial charge in [-0.1, -0.05) is 61.0 Å². The van der Waals surface area contributed by atoms with Crippen LogP contribution < -0.4 is 5.56 Å². The summed E-state index contributed by atoms with van der Waals surface area (Å²) in [7, 11) is 0. The van der Waals surface area contributed by atoms with Crippen LogP contribution in [0, 0.1) is 0 Å². The lowest BCUT2D eigenvalue weighted by atomic mass is 10.2. The Morgan fingerprint density at radius 2 is 1.67 bits per heavy atom. The topological polar surface area (TPSA) is 72.0 Å². The van der Waals surface area contributed by atoms with E-state index in [0.717, 1.165) is 5.56 Å². The molecule has 0 aliphatic carbocycles. The summed E-state index contributed by atoms with van der Waals surface area (Å²) in [6.07, 6.45) is 0.542. The summed E-state index contributed by atoms with van der Waals surface area (Å²) in [5.74, 6) is 0.855. The zero-order valence-corrected chi connectivity index (χ0v) is 17.0. The molecule has 0 aliphatic rings. The van der Waals surface area contributed by atoms with Crippen molar-refractivity contribution in [1.82, 2.24) is 9.66 Å². The van der Waals surface area contributed by atoms with Crippen LogP contribution in [0.15, 0.2) is 99.0 Å². The lowest BCUT2D eigenvalue weighted by Gasteiger charge is -2.09. The number of nitrogens with zero attached hydrogens (tertiary/aromatic N) is 5. The molecular weight excluding hydrogens is 398 g/mol. The van der Waals surface area contributed by atoms with Crippen LogP contribution in [-0.4, -0.2) is 15.5 Å². The van der Waals surface area contributed by atoms with E-state index in [2.05, 4.69) is 20.3 Å². The zero-order chi connectivity index (χ0) is 20.9. The summed E-state index contributed by atoms with van der Waals surface area (Å²) in [6.45, 7) is 1.93. The van der Waals surface area contributed by atoms with E-state index in [1.807, 2.05) is 55.5 Å². The molecule has 148 valence electrons. The Morgan fingerprint density at radius 1 is 0.967 bits per heavy atom. The number of para-hydroxylation sites is 1. The largest absolute Gasteiger partial charge is 0.282 e. The number of benzene rings is 3. The summed E-state index contributed by atoms with van der Waals surface area (Å²) < 4.78 is 1.31. The highest BCUT2D eigenvalue weighted by Gasteiger charge is 2.11. The predicted octanol–water partition coefficient (Wildman–Crippen LogP) is 5.61. The van der Waals surface area contributed by atoms with Crippen LogP contribution in [0.2, 0.25) is 5.02 Å². The lowest BCUT2D eigenvalue weighted by Crippen LogP contribution is -2.23. The monoisotopic (exact) mass is 415 g/mol. The molecule has 1 heterocycles. The number of rotatable bonds is 4. The van der Waals surface area contributed by atoms with E-state index in [-0.39, 0.29) is 5.56 Å². The Bertz CT molecular complexity index is 1290. The van der Waals surface area contributed by atoms with Crippen molar-refractivity contribution in [3.8, 4) is 0 Å². The molecule has 7 heteroatoms. The smallest absolute Gasteiger partial charge is 0.267 e. The van der Waals surface area contributed by atoms with Crippen molar-refractivity contribution in [2.75, 3.05) is 0 Å². The first kappa shape index (κ1) is 19.7. The van der Waals surface area contributed by atoms with E-state index in [4.69, 9.17) is 11.6 Å². The third-order valence-electron chi connectivity index (χ3n) is 4.45. The molecule has 6 nitrogen and oxygen atoms in total. The van der Waals surface area contributed by atoms with Gasteiger partial charge >= 0.3 is 0 Å². The summed E-state index contributed by atoms with van der Waals surface area (Å²) in [5.41, 5.74) is 1.77. The van der Waals surface area contributed by atoms with E-state index in [1.54, 1.807) is 30.3 Å². The van der Waals surface area contributed by atoms with Gasteiger partial charge in [0.05, 0.1) is 16.6 Å². The number of azo groups is 1. The second-order valence-electron chi connectivity index (χ2n) is 6.48. The molecule has 4 rings (SSSR count). The van der Waals surface area contributed by atoms with Crippen LogP contribution in [0.5, 0.6) is 0 Å². The fourth-order valence-electron chi connectivity index (χ4n) is 2.93. The van der Waals surface area contributed by atoms with Gasteiger partial charge < -0.3 is 0 Å². The maximum absolute atomic E-state index is 13.1. The molecule has 0 amide bonds.